The standard InChI is InChI=1S/C33H69Ge/c1-5-6-7-8-9-10-11-12-13-14-15-16-17-18-19-20-21-22-23-24-25-26-27-28-29-30-31-32-33-34(2,3)4/h1,5-33H2,2-4H3. The van der Waals surface area contributed by atoms with Crippen molar-refractivity contribution in [2.75, 3.05) is 0 Å². The summed E-state index contributed by atoms with van der Waals surface area (Å²) in [6.45, 7) is 3.92. The summed E-state index contributed by atoms with van der Waals surface area (Å²) in [6.07, 6.45) is 41.1. The Morgan fingerprint density at radius 2 is 0.471 bits per heavy atom. The van der Waals surface area contributed by atoms with E-state index in [2.05, 4.69) is 24.2 Å². The van der Waals surface area contributed by atoms with E-state index in [1.165, 1.54) is 173 Å². The van der Waals surface area contributed by atoms with Crippen LogP contribution in [-0.4, -0.2) is 13.3 Å². The van der Waals surface area contributed by atoms with Crippen molar-refractivity contribution in [3.63, 3.8) is 0 Å². The predicted molar refractivity (Wildman–Crippen MR) is 163 cm³/mol. The monoisotopic (exact) mass is 539 g/mol. The van der Waals surface area contributed by atoms with E-state index >= 15 is 0 Å². The van der Waals surface area contributed by atoms with Gasteiger partial charge in [-0.3, -0.25) is 0 Å². The Hall–Kier alpha value is 0.543. The van der Waals surface area contributed by atoms with Gasteiger partial charge in [-0.25, -0.2) is 0 Å². The molecule has 0 aromatic carbocycles. The van der Waals surface area contributed by atoms with Gasteiger partial charge in [-0.05, 0) is 0 Å². The Balaban J connectivity index is 3.03. The van der Waals surface area contributed by atoms with Crippen molar-refractivity contribution in [1.29, 1.82) is 0 Å². The van der Waals surface area contributed by atoms with Gasteiger partial charge in [0.2, 0.25) is 0 Å². The average molecular weight is 539 g/mol. The SMILES string of the molecule is [CH2]CCCCCCCCCCCCCCCCCCCCCCCCCCCC[CH2][Ge]([CH3])([CH3])[CH3]. The van der Waals surface area contributed by atoms with Gasteiger partial charge >= 0.3 is 106 Å². The average Bonchev–Trinajstić information content (AvgIpc) is 2.80. The number of hydrogen-bond acceptors (Lipinski definition) is 0. The molecule has 0 atom stereocenters. The normalized spacial score (nSPS) is 12.0. The summed E-state index contributed by atoms with van der Waals surface area (Å²) >= 11 is -1.24. The Morgan fingerprint density at radius 1 is 0.294 bits per heavy atom. The summed E-state index contributed by atoms with van der Waals surface area (Å²) in [5.74, 6) is 7.67. The fraction of sp³-hybridized carbons (Fsp3) is 0.970. The first-order chi connectivity index (χ1) is 16.6. The third-order valence-electron chi connectivity index (χ3n) is 7.68. The van der Waals surface area contributed by atoms with Gasteiger partial charge in [-0.1, -0.05) is 116 Å². The van der Waals surface area contributed by atoms with Crippen LogP contribution in [0.15, 0.2) is 0 Å². The Labute approximate surface area is 222 Å². The first-order valence-electron chi connectivity index (χ1n) is 16.4. The fourth-order valence-electron chi connectivity index (χ4n) is 5.25. The summed E-state index contributed by atoms with van der Waals surface area (Å²) < 4.78 is 0. The molecule has 0 saturated carbocycles. The Morgan fingerprint density at radius 3 is 0.647 bits per heavy atom. The molecule has 205 valence electrons. The molecule has 0 aliphatic heterocycles. The molecule has 0 saturated heterocycles. The number of hydrogen-bond donors (Lipinski definition) is 0. The van der Waals surface area contributed by atoms with Crippen molar-refractivity contribution >= 4 is 13.3 Å². The molecule has 0 spiro atoms. The van der Waals surface area contributed by atoms with Crippen molar-refractivity contribution in [2.24, 2.45) is 0 Å². The molecule has 0 rings (SSSR count). The van der Waals surface area contributed by atoms with Crippen LogP contribution in [0.5, 0.6) is 0 Å². The van der Waals surface area contributed by atoms with Crippen LogP contribution < -0.4 is 0 Å². The first kappa shape index (κ1) is 34.5. The van der Waals surface area contributed by atoms with Gasteiger partial charge in [0, 0.05) is 0 Å². The molecule has 0 aromatic rings. The summed E-state index contributed by atoms with van der Waals surface area (Å²) in [6, 6.07) is 0. The summed E-state index contributed by atoms with van der Waals surface area (Å²) in [5.41, 5.74) is 0. The van der Waals surface area contributed by atoms with Crippen molar-refractivity contribution < 1.29 is 0 Å². The predicted octanol–water partition coefficient (Wildman–Crippen LogP) is 13.1. The molecule has 1 heteroatoms. The first-order valence-corrected chi connectivity index (χ1v) is 24.1. The van der Waals surface area contributed by atoms with E-state index < -0.39 is 13.3 Å². The van der Waals surface area contributed by atoms with Gasteiger partial charge in [0.15, 0.2) is 0 Å². The zero-order valence-electron chi connectivity index (χ0n) is 24.7. The van der Waals surface area contributed by atoms with Crippen LogP contribution in [0, 0.1) is 6.92 Å². The zero-order valence-corrected chi connectivity index (χ0v) is 26.8. The molecule has 0 aliphatic carbocycles. The van der Waals surface area contributed by atoms with Crippen LogP contribution in [-0.2, 0) is 0 Å². The summed E-state index contributed by atoms with van der Waals surface area (Å²) in [4.78, 5) is 0. The van der Waals surface area contributed by atoms with E-state index in [1.54, 1.807) is 5.25 Å². The van der Waals surface area contributed by atoms with Crippen LogP contribution >= 0.6 is 0 Å². The van der Waals surface area contributed by atoms with Crippen molar-refractivity contribution in [3.8, 4) is 0 Å². The van der Waals surface area contributed by atoms with Gasteiger partial charge in [0.25, 0.3) is 0 Å². The van der Waals surface area contributed by atoms with Crippen molar-refractivity contribution in [2.45, 2.75) is 202 Å². The number of unbranched alkanes of at least 4 members (excludes halogenated alkanes) is 27. The van der Waals surface area contributed by atoms with Gasteiger partial charge in [0.05, 0.1) is 0 Å². The molecule has 0 amide bonds. The van der Waals surface area contributed by atoms with Crippen LogP contribution in [0.25, 0.3) is 0 Å². The maximum atomic E-state index is 3.92. The summed E-state index contributed by atoms with van der Waals surface area (Å²) in [7, 11) is 0. The molecule has 34 heavy (non-hydrogen) atoms. The van der Waals surface area contributed by atoms with Crippen LogP contribution in [0.1, 0.15) is 180 Å². The second kappa shape index (κ2) is 28.1. The molecular weight excluding hydrogens is 469 g/mol. The molecule has 0 heterocycles. The van der Waals surface area contributed by atoms with E-state index in [9.17, 15) is 0 Å². The van der Waals surface area contributed by atoms with E-state index in [0.717, 1.165) is 6.42 Å². The molecular formula is C33H69Ge. The molecule has 0 fully saturated rings. The second-order valence-corrected chi connectivity index (χ2v) is 24.5. The zero-order chi connectivity index (χ0) is 25.0. The quantitative estimate of drug-likeness (QED) is 0.0656. The molecule has 0 bridgehead atoms. The van der Waals surface area contributed by atoms with Crippen LogP contribution in [0.2, 0.25) is 22.5 Å². The Bertz CT molecular complexity index is 356. The Kier molecular flexibility index (Phi) is 28.6. The number of rotatable bonds is 29. The third-order valence-corrected chi connectivity index (χ3v) is 11.6. The van der Waals surface area contributed by atoms with Crippen LogP contribution in [0.3, 0.4) is 0 Å². The topological polar surface area (TPSA) is 0 Å². The van der Waals surface area contributed by atoms with Crippen LogP contribution in [0.4, 0.5) is 0 Å². The van der Waals surface area contributed by atoms with Gasteiger partial charge in [-0.15, -0.1) is 0 Å². The van der Waals surface area contributed by atoms with Gasteiger partial charge < -0.3 is 0 Å². The molecule has 0 nitrogen and oxygen atoms in total. The van der Waals surface area contributed by atoms with Gasteiger partial charge in [-0.2, -0.15) is 0 Å². The maximum absolute atomic E-state index is 3.92. The summed E-state index contributed by atoms with van der Waals surface area (Å²) in [5, 5.41) is 1.58. The van der Waals surface area contributed by atoms with Crippen molar-refractivity contribution in [3.05, 3.63) is 6.92 Å². The van der Waals surface area contributed by atoms with E-state index in [1.807, 2.05) is 0 Å². The minimum absolute atomic E-state index is 1.12. The molecule has 0 aliphatic rings. The van der Waals surface area contributed by atoms with Crippen molar-refractivity contribution in [1.82, 2.24) is 0 Å². The van der Waals surface area contributed by atoms with Gasteiger partial charge in [0.1, 0.15) is 0 Å². The fourth-order valence-corrected chi connectivity index (χ4v) is 8.00. The molecule has 0 aromatic heterocycles. The second-order valence-electron chi connectivity index (χ2n) is 12.7. The van der Waals surface area contributed by atoms with E-state index in [4.69, 9.17) is 0 Å². The minimum atomic E-state index is -1.24. The molecule has 1 radical (unpaired) electrons. The molecule has 0 unspecified atom stereocenters. The third kappa shape index (κ3) is 32.5. The van der Waals surface area contributed by atoms with E-state index in [-0.39, 0.29) is 0 Å². The molecule has 0 N–H and O–H groups in total. The van der Waals surface area contributed by atoms with E-state index in [0.29, 0.717) is 0 Å².